The van der Waals surface area contributed by atoms with Crippen molar-refractivity contribution in [1.82, 2.24) is 9.55 Å². The van der Waals surface area contributed by atoms with E-state index in [1.807, 2.05) is 12.1 Å². The molecule has 1 saturated heterocycles. The average molecular weight is 259 g/mol. The van der Waals surface area contributed by atoms with Crippen LogP contribution in [0.2, 0.25) is 0 Å². The molecule has 3 rings (SSSR count). The van der Waals surface area contributed by atoms with Crippen molar-refractivity contribution in [2.45, 2.75) is 45.3 Å². The molecule has 19 heavy (non-hydrogen) atoms. The van der Waals surface area contributed by atoms with Crippen LogP contribution in [0.5, 0.6) is 0 Å². The molecule has 2 N–H and O–H groups in total. The minimum Gasteiger partial charge on any atom is -0.399 e. The summed E-state index contributed by atoms with van der Waals surface area (Å²) in [7, 11) is 0. The van der Waals surface area contributed by atoms with Crippen molar-refractivity contribution in [3.05, 3.63) is 24.0 Å². The fraction of sp³-hybridized carbons (Fsp3) is 0.533. The molecule has 102 valence electrons. The molecule has 0 radical (unpaired) electrons. The number of fused-ring (bicyclic) bond motifs is 1. The van der Waals surface area contributed by atoms with E-state index in [0.717, 1.165) is 43.0 Å². The Morgan fingerprint density at radius 2 is 2.37 bits per heavy atom. The van der Waals surface area contributed by atoms with Gasteiger partial charge in [0.2, 0.25) is 0 Å². The summed E-state index contributed by atoms with van der Waals surface area (Å²) < 4.78 is 8.02. The van der Waals surface area contributed by atoms with E-state index >= 15 is 0 Å². The van der Waals surface area contributed by atoms with Gasteiger partial charge in [0.1, 0.15) is 5.82 Å². The van der Waals surface area contributed by atoms with Crippen molar-refractivity contribution in [2.75, 3.05) is 12.3 Å². The lowest BCUT2D eigenvalue weighted by Crippen LogP contribution is -2.11. The van der Waals surface area contributed by atoms with Gasteiger partial charge in [0.25, 0.3) is 0 Å². The zero-order chi connectivity index (χ0) is 13.2. The van der Waals surface area contributed by atoms with Crippen molar-refractivity contribution in [2.24, 2.45) is 0 Å². The number of rotatable bonds is 4. The minimum absolute atomic E-state index is 0.427. The van der Waals surface area contributed by atoms with E-state index in [9.17, 15) is 0 Å². The zero-order valence-electron chi connectivity index (χ0n) is 11.4. The van der Waals surface area contributed by atoms with Gasteiger partial charge in [0.05, 0.1) is 17.1 Å². The molecule has 1 aliphatic heterocycles. The first-order valence-corrected chi connectivity index (χ1v) is 7.14. The van der Waals surface area contributed by atoms with E-state index in [-0.39, 0.29) is 0 Å². The lowest BCUT2D eigenvalue weighted by molar-refractivity contribution is 0.100. The Morgan fingerprint density at radius 3 is 3.11 bits per heavy atom. The third kappa shape index (κ3) is 2.45. The van der Waals surface area contributed by atoms with Crippen LogP contribution in [0, 0.1) is 0 Å². The molecule has 0 aliphatic carbocycles. The van der Waals surface area contributed by atoms with E-state index in [1.165, 1.54) is 18.4 Å². The summed E-state index contributed by atoms with van der Waals surface area (Å²) in [6, 6.07) is 5.98. The summed E-state index contributed by atoms with van der Waals surface area (Å²) in [6.07, 6.45) is 4.84. The summed E-state index contributed by atoms with van der Waals surface area (Å²) >= 11 is 0. The number of nitrogens with zero attached hydrogens (tertiary/aromatic N) is 2. The predicted molar refractivity (Wildman–Crippen MR) is 77.1 cm³/mol. The lowest BCUT2D eigenvalue weighted by Gasteiger charge is -2.12. The van der Waals surface area contributed by atoms with Crippen molar-refractivity contribution < 1.29 is 4.74 Å². The number of anilines is 1. The Balaban J connectivity index is 1.87. The van der Waals surface area contributed by atoms with Crippen LogP contribution in [0.1, 0.15) is 32.0 Å². The first-order chi connectivity index (χ1) is 9.28. The maximum Gasteiger partial charge on any atom is 0.109 e. The van der Waals surface area contributed by atoms with Crippen LogP contribution in [0.25, 0.3) is 11.0 Å². The number of imidazole rings is 1. The van der Waals surface area contributed by atoms with E-state index in [1.54, 1.807) is 0 Å². The number of hydrogen-bond donors (Lipinski definition) is 1. The smallest absolute Gasteiger partial charge is 0.109 e. The van der Waals surface area contributed by atoms with Gasteiger partial charge in [-0.05, 0) is 37.5 Å². The summed E-state index contributed by atoms with van der Waals surface area (Å²) in [5, 5.41) is 0. The van der Waals surface area contributed by atoms with Crippen molar-refractivity contribution in [1.29, 1.82) is 0 Å². The first-order valence-electron chi connectivity index (χ1n) is 7.14. The second-order valence-corrected chi connectivity index (χ2v) is 5.21. The molecule has 1 unspecified atom stereocenters. The monoisotopic (exact) mass is 259 g/mol. The molecule has 2 heterocycles. The van der Waals surface area contributed by atoms with Gasteiger partial charge in [0, 0.05) is 25.3 Å². The number of aryl methyl sites for hydroxylation is 2. The molecule has 1 aromatic heterocycles. The molecule has 0 saturated carbocycles. The van der Waals surface area contributed by atoms with E-state index in [0.29, 0.717) is 6.10 Å². The van der Waals surface area contributed by atoms with Gasteiger partial charge in [-0.2, -0.15) is 0 Å². The Kier molecular flexibility index (Phi) is 3.42. The Hall–Kier alpha value is -1.55. The number of ether oxygens (including phenoxy) is 1. The summed E-state index contributed by atoms with van der Waals surface area (Å²) in [5.41, 5.74) is 8.79. The molecule has 0 spiro atoms. The number of aromatic nitrogens is 2. The fourth-order valence-corrected chi connectivity index (χ4v) is 2.86. The Labute approximate surface area is 113 Å². The molecule has 1 aromatic carbocycles. The van der Waals surface area contributed by atoms with Gasteiger partial charge >= 0.3 is 0 Å². The maximum atomic E-state index is 5.83. The highest BCUT2D eigenvalue weighted by Gasteiger charge is 2.17. The molecule has 4 nitrogen and oxygen atoms in total. The van der Waals surface area contributed by atoms with Gasteiger partial charge in [0.15, 0.2) is 0 Å². The van der Waals surface area contributed by atoms with Crippen LogP contribution < -0.4 is 5.73 Å². The van der Waals surface area contributed by atoms with Gasteiger partial charge in [-0.15, -0.1) is 0 Å². The Bertz CT molecular complexity index is 570. The lowest BCUT2D eigenvalue weighted by atomic mass is 10.2. The molecule has 2 aromatic rings. The second-order valence-electron chi connectivity index (χ2n) is 5.21. The number of benzene rings is 1. The molecule has 1 atom stereocenters. The molecular weight excluding hydrogens is 238 g/mol. The molecule has 0 amide bonds. The van der Waals surface area contributed by atoms with Crippen molar-refractivity contribution in [3.63, 3.8) is 0 Å². The van der Waals surface area contributed by atoms with Crippen LogP contribution in [0.15, 0.2) is 18.2 Å². The quantitative estimate of drug-likeness (QED) is 0.859. The van der Waals surface area contributed by atoms with Crippen molar-refractivity contribution >= 4 is 16.7 Å². The summed E-state index contributed by atoms with van der Waals surface area (Å²) in [6.45, 7) is 4.05. The molecule has 0 bridgehead atoms. The molecular formula is C15H21N3O. The summed E-state index contributed by atoms with van der Waals surface area (Å²) in [5.74, 6) is 1.14. The average Bonchev–Trinajstić information content (AvgIpc) is 3.02. The standard InChI is InChI=1S/C15H21N3O/c1-2-15-17-13-10-11(16)5-6-14(13)18(15)8-7-12-4-3-9-19-12/h5-6,10,12H,2-4,7-9,16H2,1H3. The van der Waals surface area contributed by atoms with Crippen LogP contribution in [0.4, 0.5) is 5.69 Å². The number of nitrogens with two attached hydrogens (primary N) is 1. The third-order valence-electron chi connectivity index (χ3n) is 3.87. The van der Waals surface area contributed by atoms with E-state index in [4.69, 9.17) is 10.5 Å². The maximum absolute atomic E-state index is 5.83. The number of nitrogen functional groups attached to an aromatic ring is 1. The highest BCUT2D eigenvalue weighted by molar-refractivity contribution is 5.79. The Morgan fingerprint density at radius 1 is 1.47 bits per heavy atom. The predicted octanol–water partition coefficient (Wildman–Crippen LogP) is 2.75. The molecule has 4 heteroatoms. The summed E-state index contributed by atoms with van der Waals surface area (Å²) in [4.78, 5) is 4.68. The zero-order valence-corrected chi connectivity index (χ0v) is 11.4. The highest BCUT2D eigenvalue weighted by Crippen LogP contribution is 2.22. The minimum atomic E-state index is 0.427. The topological polar surface area (TPSA) is 53.1 Å². The highest BCUT2D eigenvalue weighted by atomic mass is 16.5. The molecule has 1 fully saturated rings. The van der Waals surface area contributed by atoms with Crippen LogP contribution in [0.3, 0.4) is 0 Å². The number of hydrogen-bond acceptors (Lipinski definition) is 3. The first kappa shape index (κ1) is 12.5. The fourth-order valence-electron chi connectivity index (χ4n) is 2.86. The van der Waals surface area contributed by atoms with Crippen LogP contribution in [-0.4, -0.2) is 22.3 Å². The molecule has 1 aliphatic rings. The van der Waals surface area contributed by atoms with Gasteiger partial charge in [-0.3, -0.25) is 0 Å². The second kappa shape index (κ2) is 5.21. The van der Waals surface area contributed by atoms with Gasteiger partial charge in [-0.1, -0.05) is 6.92 Å². The van der Waals surface area contributed by atoms with E-state index < -0.39 is 0 Å². The van der Waals surface area contributed by atoms with Gasteiger partial charge in [-0.25, -0.2) is 4.98 Å². The normalized spacial score (nSPS) is 19.3. The van der Waals surface area contributed by atoms with Gasteiger partial charge < -0.3 is 15.0 Å². The third-order valence-corrected chi connectivity index (χ3v) is 3.87. The van der Waals surface area contributed by atoms with Crippen LogP contribution >= 0.6 is 0 Å². The van der Waals surface area contributed by atoms with Crippen molar-refractivity contribution in [3.8, 4) is 0 Å². The van der Waals surface area contributed by atoms with E-state index in [2.05, 4.69) is 22.5 Å². The largest absolute Gasteiger partial charge is 0.399 e. The SMILES string of the molecule is CCc1nc2cc(N)ccc2n1CCC1CCCO1. The van der Waals surface area contributed by atoms with Crippen LogP contribution in [-0.2, 0) is 17.7 Å².